The summed E-state index contributed by atoms with van der Waals surface area (Å²) in [6.07, 6.45) is 15.0. The minimum atomic E-state index is 0.0444. The maximum atomic E-state index is 12.4. The zero-order valence-corrected chi connectivity index (χ0v) is 13.0. The molecule has 4 rings (SSSR count). The summed E-state index contributed by atoms with van der Waals surface area (Å²) in [4.78, 5) is 12.4. The maximum Gasteiger partial charge on any atom is 0.139 e. The highest BCUT2D eigenvalue weighted by molar-refractivity contribution is 5.87. The van der Waals surface area contributed by atoms with E-state index in [1.165, 1.54) is 38.5 Å². The fourth-order valence-electron chi connectivity index (χ4n) is 6.59. The van der Waals surface area contributed by atoms with Gasteiger partial charge in [-0.05, 0) is 74.0 Å². The lowest BCUT2D eigenvalue weighted by Crippen LogP contribution is -2.51. The second-order valence-electron chi connectivity index (χ2n) is 8.41. The summed E-state index contributed by atoms with van der Waals surface area (Å²) in [5, 5.41) is 0. The van der Waals surface area contributed by atoms with Crippen molar-refractivity contribution in [2.45, 2.75) is 65.2 Å². The van der Waals surface area contributed by atoms with E-state index in [4.69, 9.17) is 0 Å². The third-order valence-corrected chi connectivity index (χ3v) is 7.83. The van der Waals surface area contributed by atoms with Crippen LogP contribution < -0.4 is 0 Å². The van der Waals surface area contributed by atoms with Crippen molar-refractivity contribution >= 4 is 5.78 Å². The molecule has 0 amide bonds. The highest BCUT2D eigenvalue weighted by Crippen LogP contribution is 2.64. The van der Waals surface area contributed by atoms with E-state index in [0.29, 0.717) is 17.1 Å². The first-order chi connectivity index (χ1) is 9.56. The SMILES string of the molecule is C[C@]12C=CCC[C@@H]1CC[C@@H]1[C@@H]2CC[C@]2(C)C(=O)CC[C@@H]12. The van der Waals surface area contributed by atoms with Gasteiger partial charge in [-0.25, -0.2) is 0 Å². The van der Waals surface area contributed by atoms with Crippen LogP contribution in [0.25, 0.3) is 0 Å². The number of allylic oxidation sites excluding steroid dienone is 2. The molecule has 0 radical (unpaired) electrons. The average molecular weight is 272 g/mol. The van der Waals surface area contributed by atoms with Crippen LogP contribution >= 0.6 is 0 Å². The molecule has 4 aliphatic carbocycles. The minimum Gasteiger partial charge on any atom is -0.299 e. The number of carbonyl (C=O) groups is 1. The fraction of sp³-hybridized carbons (Fsp3) is 0.842. The molecule has 0 bridgehead atoms. The van der Waals surface area contributed by atoms with Gasteiger partial charge in [0.15, 0.2) is 0 Å². The quantitative estimate of drug-likeness (QED) is 0.581. The van der Waals surface area contributed by atoms with E-state index < -0.39 is 0 Å². The largest absolute Gasteiger partial charge is 0.299 e. The second-order valence-corrected chi connectivity index (χ2v) is 8.41. The first kappa shape index (κ1) is 13.1. The Labute approximate surface area is 123 Å². The molecule has 3 saturated carbocycles. The number of hydrogen-bond donors (Lipinski definition) is 0. The van der Waals surface area contributed by atoms with Crippen LogP contribution in [-0.4, -0.2) is 5.78 Å². The lowest BCUT2D eigenvalue weighted by Gasteiger charge is -2.58. The monoisotopic (exact) mass is 272 g/mol. The smallest absolute Gasteiger partial charge is 0.139 e. The number of fused-ring (bicyclic) bond motifs is 5. The number of rotatable bonds is 0. The molecular weight excluding hydrogens is 244 g/mol. The van der Waals surface area contributed by atoms with Crippen molar-refractivity contribution in [1.82, 2.24) is 0 Å². The summed E-state index contributed by atoms with van der Waals surface area (Å²) in [5.74, 6) is 3.86. The van der Waals surface area contributed by atoms with Crippen LogP contribution in [0.1, 0.15) is 65.2 Å². The van der Waals surface area contributed by atoms with Crippen molar-refractivity contribution in [3.05, 3.63) is 12.2 Å². The van der Waals surface area contributed by atoms with E-state index in [1.807, 2.05) is 0 Å². The van der Waals surface area contributed by atoms with Gasteiger partial charge < -0.3 is 0 Å². The molecule has 0 aromatic heterocycles. The van der Waals surface area contributed by atoms with Gasteiger partial charge in [0.1, 0.15) is 5.78 Å². The molecule has 0 unspecified atom stereocenters. The highest BCUT2D eigenvalue weighted by atomic mass is 16.1. The molecule has 0 spiro atoms. The maximum absolute atomic E-state index is 12.4. The summed E-state index contributed by atoms with van der Waals surface area (Å²) in [5.41, 5.74) is 0.483. The number of carbonyl (C=O) groups excluding carboxylic acids is 1. The van der Waals surface area contributed by atoms with Gasteiger partial charge >= 0.3 is 0 Å². The molecule has 6 atom stereocenters. The molecule has 1 nitrogen and oxygen atoms in total. The minimum absolute atomic E-state index is 0.0444. The average Bonchev–Trinajstić information content (AvgIpc) is 2.74. The Bertz CT molecular complexity index is 464. The third-order valence-electron chi connectivity index (χ3n) is 7.83. The molecule has 1 heteroatoms. The van der Waals surface area contributed by atoms with Crippen LogP contribution in [0.15, 0.2) is 12.2 Å². The molecule has 0 saturated heterocycles. The summed E-state index contributed by atoms with van der Waals surface area (Å²) in [6.45, 7) is 4.82. The summed E-state index contributed by atoms with van der Waals surface area (Å²) >= 11 is 0. The van der Waals surface area contributed by atoms with Gasteiger partial charge in [-0.3, -0.25) is 4.79 Å². The van der Waals surface area contributed by atoms with Gasteiger partial charge in [-0.1, -0.05) is 26.0 Å². The van der Waals surface area contributed by atoms with E-state index in [-0.39, 0.29) is 5.41 Å². The van der Waals surface area contributed by atoms with Gasteiger partial charge in [0.05, 0.1) is 0 Å². The Kier molecular flexibility index (Phi) is 2.76. The van der Waals surface area contributed by atoms with Gasteiger partial charge in [0, 0.05) is 11.8 Å². The van der Waals surface area contributed by atoms with E-state index in [9.17, 15) is 4.79 Å². The highest BCUT2D eigenvalue weighted by Gasteiger charge is 2.59. The Morgan fingerprint density at radius 2 is 1.90 bits per heavy atom. The zero-order valence-electron chi connectivity index (χ0n) is 13.0. The van der Waals surface area contributed by atoms with E-state index in [1.54, 1.807) is 0 Å². The van der Waals surface area contributed by atoms with E-state index in [0.717, 1.165) is 30.6 Å². The van der Waals surface area contributed by atoms with Gasteiger partial charge in [0.2, 0.25) is 0 Å². The van der Waals surface area contributed by atoms with Crippen molar-refractivity contribution in [2.24, 2.45) is 34.5 Å². The molecule has 0 N–H and O–H groups in total. The fourth-order valence-corrected chi connectivity index (χ4v) is 6.59. The molecule has 3 fully saturated rings. The summed E-state index contributed by atoms with van der Waals surface area (Å²) in [7, 11) is 0. The van der Waals surface area contributed by atoms with Crippen LogP contribution in [0.4, 0.5) is 0 Å². The van der Waals surface area contributed by atoms with Crippen molar-refractivity contribution in [3.63, 3.8) is 0 Å². The zero-order chi connectivity index (χ0) is 14.0. The van der Waals surface area contributed by atoms with Crippen molar-refractivity contribution in [3.8, 4) is 0 Å². The predicted molar refractivity (Wildman–Crippen MR) is 81.3 cm³/mol. The van der Waals surface area contributed by atoms with Gasteiger partial charge in [-0.2, -0.15) is 0 Å². The second kappa shape index (κ2) is 4.21. The van der Waals surface area contributed by atoms with Crippen LogP contribution in [0.5, 0.6) is 0 Å². The molecule has 0 aliphatic heterocycles. The Morgan fingerprint density at radius 1 is 1.05 bits per heavy atom. The molecule has 0 aromatic rings. The van der Waals surface area contributed by atoms with Crippen LogP contribution in [0, 0.1) is 34.5 Å². The van der Waals surface area contributed by atoms with E-state index in [2.05, 4.69) is 26.0 Å². The van der Waals surface area contributed by atoms with Gasteiger partial charge in [0.25, 0.3) is 0 Å². The van der Waals surface area contributed by atoms with Crippen LogP contribution in [-0.2, 0) is 4.79 Å². The molecule has 4 aliphatic rings. The van der Waals surface area contributed by atoms with Crippen LogP contribution in [0.3, 0.4) is 0 Å². The molecule has 0 heterocycles. The lowest BCUT2D eigenvalue weighted by atomic mass is 9.46. The first-order valence-electron chi connectivity index (χ1n) is 8.77. The third kappa shape index (κ3) is 1.53. The lowest BCUT2D eigenvalue weighted by molar-refractivity contribution is -0.134. The molecule has 110 valence electrons. The standard InChI is InChI=1S/C19H28O/c1-18-11-4-3-5-13(18)6-7-14-15-8-9-17(20)19(15,2)12-10-16(14)18/h4,11,13-16H,3,5-10,12H2,1-2H3/t13-,14+,15+,16+,18+,19+/m1/s1. The van der Waals surface area contributed by atoms with E-state index >= 15 is 0 Å². The topological polar surface area (TPSA) is 17.1 Å². The Balaban J connectivity index is 1.70. The summed E-state index contributed by atoms with van der Waals surface area (Å²) < 4.78 is 0. The van der Waals surface area contributed by atoms with Crippen LogP contribution in [0.2, 0.25) is 0 Å². The van der Waals surface area contributed by atoms with Crippen molar-refractivity contribution in [1.29, 1.82) is 0 Å². The first-order valence-corrected chi connectivity index (χ1v) is 8.77. The van der Waals surface area contributed by atoms with Crippen molar-refractivity contribution in [2.75, 3.05) is 0 Å². The number of hydrogen-bond acceptors (Lipinski definition) is 1. The van der Waals surface area contributed by atoms with Gasteiger partial charge in [-0.15, -0.1) is 0 Å². The summed E-state index contributed by atoms with van der Waals surface area (Å²) in [6, 6.07) is 0. The molecule has 20 heavy (non-hydrogen) atoms. The Morgan fingerprint density at radius 3 is 2.75 bits per heavy atom. The van der Waals surface area contributed by atoms with Crippen molar-refractivity contribution < 1.29 is 4.79 Å². The number of Topliss-reactive ketones (excluding diaryl/α,β-unsaturated/α-hetero) is 1. The molecule has 0 aromatic carbocycles. The Hall–Kier alpha value is -0.590. The molecular formula is C19H28O. The normalized spacial score (nSPS) is 54.2. The predicted octanol–water partition coefficient (Wildman–Crippen LogP) is 4.76. The number of ketones is 1.